The number of hydrogen-bond acceptors (Lipinski definition) is 5. The van der Waals surface area contributed by atoms with Crippen LogP contribution < -0.4 is 10.6 Å². The number of aryl methyl sites for hydroxylation is 1. The van der Waals surface area contributed by atoms with Gasteiger partial charge in [-0.2, -0.15) is 0 Å². The highest BCUT2D eigenvalue weighted by Crippen LogP contribution is 2.28. The second-order valence-electron chi connectivity index (χ2n) is 7.29. The number of nitrogens with zero attached hydrogens (tertiary/aromatic N) is 2. The number of amides is 4. The normalized spacial score (nSPS) is 18.4. The van der Waals surface area contributed by atoms with E-state index in [-0.39, 0.29) is 24.1 Å². The van der Waals surface area contributed by atoms with Crippen molar-refractivity contribution in [3.05, 3.63) is 64.5 Å². The van der Waals surface area contributed by atoms with Crippen LogP contribution in [0.2, 0.25) is 0 Å². The summed E-state index contributed by atoms with van der Waals surface area (Å²) in [7, 11) is 0. The Morgan fingerprint density at radius 1 is 1.24 bits per heavy atom. The van der Waals surface area contributed by atoms with Crippen LogP contribution in [0.25, 0.3) is 0 Å². The summed E-state index contributed by atoms with van der Waals surface area (Å²) in [5.41, 5.74) is 3.51. The van der Waals surface area contributed by atoms with Crippen molar-refractivity contribution in [2.24, 2.45) is 0 Å². The Labute approximate surface area is 167 Å². The molecular weight excluding hydrogens is 372 g/mol. The molecule has 1 fully saturated rings. The molecule has 2 aromatic rings. The number of fused-ring (bicyclic) bond motifs is 1. The van der Waals surface area contributed by atoms with Gasteiger partial charge >= 0.3 is 0 Å². The van der Waals surface area contributed by atoms with Gasteiger partial charge in [-0.15, -0.1) is 0 Å². The number of nitrogens with one attached hydrogen (secondary N) is 2. The van der Waals surface area contributed by atoms with Gasteiger partial charge in [-0.25, -0.2) is 0 Å². The molecule has 29 heavy (non-hydrogen) atoms. The zero-order chi connectivity index (χ0) is 20.5. The van der Waals surface area contributed by atoms with E-state index in [1.165, 1.54) is 4.90 Å². The fourth-order valence-corrected chi connectivity index (χ4v) is 3.67. The molecule has 2 aliphatic heterocycles. The molecule has 0 spiro atoms. The Kier molecular flexibility index (Phi) is 4.84. The number of rotatable bonds is 4. The third-order valence-corrected chi connectivity index (χ3v) is 5.19. The van der Waals surface area contributed by atoms with Gasteiger partial charge in [0.25, 0.3) is 11.8 Å². The summed E-state index contributed by atoms with van der Waals surface area (Å²) in [5.74, 6) is -1.22. The first-order valence-electron chi connectivity index (χ1n) is 9.39. The fraction of sp³-hybridized carbons (Fsp3) is 0.286. The van der Waals surface area contributed by atoms with Gasteiger partial charge in [-0.3, -0.25) is 29.5 Å². The second-order valence-corrected chi connectivity index (χ2v) is 7.29. The van der Waals surface area contributed by atoms with E-state index in [9.17, 15) is 19.2 Å². The van der Waals surface area contributed by atoms with Crippen LogP contribution in [0.4, 0.5) is 0 Å². The molecule has 4 rings (SSSR count). The topological polar surface area (TPSA) is 108 Å². The first kappa shape index (κ1) is 18.8. The fourth-order valence-electron chi connectivity index (χ4n) is 3.67. The van der Waals surface area contributed by atoms with E-state index in [4.69, 9.17) is 0 Å². The van der Waals surface area contributed by atoms with Crippen LogP contribution >= 0.6 is 0 Å². The average molecular weight is 392 g/mol. The van der Waals surface area contributed by atoms with Gasteiger partial charge in [0.1, 0.15) is 11.7 Å². The van der Waals surface area contributed by atoms with Gasteiger partial charge in [-0.05, 0) is 48.2 Å². The number of hydrogen-bond donors (Lipinski definition) is 2. The molecule has 0 aliphatic carbocycles. The van der Waals surface area contributed by atoms with Gasteiger partial charge in [0.05, 0.1) is 0 Å². The van der Waals surface area contributed by atoms with Gasteiger partial charge in [0.2, 0.25) is 11.8 Å². The molecule has 0 bridgehead atoms. The standard InChI is InChI=1S/C21H20N4O4/c1-12-6-7-22-16(8-12)19(27)23-10-13-2-3-15-14(9-13)11-25(21(15)29)17-4-5-18(26)24-20(17)28/h2-3,6-9,17H,4-5,10-11H2,1H3,(H,23,27)(H,24,26,28). The highest BCUT2D eigenvalue weighted by molar-refractivity contribution is 6.05. The number of benzene rings is 1. The summed E-state index contributed by atoms with van der Waals surface area (Å²) in [4.78, 5) is 54.0. The van der Waals surface area contributed by atoms with Crippen LogP contribution in [-0.4, -0.2) is 39.6 Å². The van der Waals surface area contributed by atoms with Gasteiger partial charge in [0.15, 0.2) is 0 Å². The minimum atomic E-state index is -0.636. The molecule has 1 aromatic carbocycles. The number of imide groups is 1. The minimum Gasteiger partial charge on any atom is -0.347 e. The van der Waals surface area contributed by atoms with Gasteiger partial charge in [-0.1, -0.05) is 12.1 Å². The molecule has 1 atom stereocenters. The smallest absolute Gasteiger partial charge is 0.270 e. The summed E-state index contributed by atoms with van der Waals surface area (Å²) in [6, 6.07) is 8.27. The molecule has 2 N–H and O–H groups in total. The maximum atomic E-state index is 12.7. The van der Waals surface area contributed by atoms with E-state index in [1.807, 2.05) is 19.1 Å². The third kappa shape index (κ3) is 3.73. The molecular formula is C21H20N4O4. The largest absolute Gasteiger partial charge is 0.347 e. The van der Waals surface area contributed by atoms with E-state index in [2.05, 4.69) is 15.6 Å². The predicted octanol–water partition coefficient (Wildman–Crippen LogP) is 1.08. The average Bonchev–Trinajstić information content (AvgIpc) is 3.02. The maximum Gasteiger partial charge on any atom is 0.270 e. The lowest BCUT2D eigenvalue weighted by atomic mass is 10.0. The lowest BCUT2D eigenvalue weighted by Gasteiger charge is -2.29. The molecule has 148 valence electrons. The van der Waals surface area contributed by atoms with Crippen molar-refractivity contribution in [1.29, 1.82) is 0 Å². The highest BCUT2D eigenvalue weighted by Gasteiger charge is 2.39. The molecule has 1 unspecified atom stereocenters. The van der Waals surface area contributed by atoms with Crippen molar-refractivity contribution in [2.75, 3.05) is 0 Å². The van der Waals surface area contributed by atoms with Crippen molar-refractivity contribution in [1.82, 2.24) is 20.5 Å². The zero-order valence-electron chi connectivity index (χ0n) is 15.9. The summed E-state index contributed by atoms with van der Waals surface area (Å²) >= 11 is 0. The summed E-state index contributed by atoms with van der Waals surface area (Å²) in [6.45, 7) is 2.50. The Hall–Kier alpha value is -3.55. The summed E-state index contributed by atoms with van der Waals surface area (Å²) in [6.07, 6.45) is 2.15. The molecule has 2 aliphatic rings. The van der Waals surface area contributed by atoms with E-state index < -0.39 is 11.9 Å². The van der Waals surface area contributed by atoms with Gasteiger partial charge in [0, 0.05) is 31.3 Å². The van der Waals surface area contributed by atoms with E-state index in [0.29, 0.717) is 30.8 Å². The monoisotopic (exact) mass is 392 g/mol. The Morgan fingerprint density at radius 2 is 2.07 bits per heavy atom. The molecule has 8 nitrogen and oxygen atoms in total. The van der Waals surface area contributed by atoms with Crippen LogP contribution in [0.3, 0.4) is 0 Å². The molecule has 0 radical (unpaired) electrons. The number of aromatic nitrogens is 1. The lowest BCUT2D eigenvalue weighted by molar-refractivity contribution is -0.136. The Balaban J connectivity index is 1.44. The molecule has 1 saturated heterocycles. The van der Waals surface area contributed by atoms with Crippen LogP contribution in [0.15, 0.2) is 36.5 Å². The van der Waals surface area contributed by atoms with Crippen molar-refractivity contribution in [3.8, 4) is 0 Å². The van der Waals surface area contributed by atoms with Crippen LogP contribution in [-0.2, 0) is 22.7 Å². The SMILES string of the molecule is Cc1ccnc(C(=O)NCc2ccc3c(c2)CN(C2CCC(=O)NC2=O)C3=O)c1. The number of carbonyl (C=O) groups excluding carboxylic acids is 4. The molecule has 0 saturated carbocycles. The third-order valence-electron chi connectivity index (χ3n) is 5.19. The number of carbonyl (C=O) groups is 4. The lowest BCUT2D eigenvalue weighted by Crippen LogP contribution is -2.52. The predicted molar refractivity (Wildman–Crippen MR) is 103 cm³/mol. The van der Waals surface area contributed by atoms with Crippen molar-refractivity contribution < 1.29 is 19.2 Å². The second kappa shape index (κ2) is 7.46. The number of piperidine rings is 1. The van der Waals surface area contributed by atoms with Crippen molar-refractivity contribution in [3.63, 3.8) is 0 Å². The van der Waals surface area contributed by atoms with Crippen LogP contribution in [0, 0.1) is 6.92 Å². The van der Waals surface area contributed by atoms with Crippen LogP contribution in [0.1, 0.15) is 50.4 Å². The highest BCUT2D eigenvalue weighted by atomic mass is 16.2. The van der Waals surface area contributed by atoms with Crippen LogP contribution in [0.5, 0.6) is 0 Å². The summed E-state index contributed by atoms with van der Waals surface area (Å²) < 4.78 is 0. The molecule has 8 heteroatoms. The summed E-state index contributed by atoms with van der Waals surface area (Å²) in [5, 5.41) is 5.12. The Morgan fingerprint density at radius 3 is 2.83 bits per heavy atom. The van der Waals surface area contributed by atoms with E-state index in [1.54, 1.807) is 24.4 Å². The minimum absolute atomic E-state index is 0.214. The van der Waals surface area contributed by atoms with E-state index in [0.717, 1.165) is 16.7 Å². The first-order valence-corrected chi connectivity index (χ1v) is 9.39. The molecule has 3 heterocycles. The molecule has 1 aromatic heterocycles. The molecule has 4 amide bonds. The first-order chi connectivity index (χ1) is 13.9. The van der Waals surface area contributed by atoms with Crippen molar-refractivity contribution in [2.45, 2.75) is 38.9 Å². The van der Waals surface area contributed by atoms with Crippen molar-refractivity contribution >= 4 is 23.6 Å². The number of pyridine rings is 1. The van der Waals surface area contributed by atoms with E-state index >= 15 is 0 Å². The maximum absolute atomic E-state index is 12.7. The quantitative estimate of drug-likeness (QED) is 0.757. The zero-order valence-corrected chi connectivity index (χ0v) is 15.9. The Bertz CT molecular complexity index is 1030. The van der Waals surface area contributed by atoms with Gasteiger partial charge < -0.3 is 10.2 Å².